The highest BCUT2D eigenvalue weighted by atomic mass is 16.2. The van der Waals surface area contributed by atoms with E-state index in [1.807, 2.05) is 17.9 Å². The van der Waals surface area contributed by atoms with E-state index in [9.17, 15) is 9.59 Å². The fourth-order valence-electron chi connectivity index (χ4n) is 3.58. The number of hydrogen-bond acceptors (Lipinski definition) is 4. The van der Waals surface area contributed by atoms with Crippen molar-refractivity contribution in [2.24, 2.45) is 0 Å². The molecular weight excluding hydrogens is 318 g/mol. The Morgan fingerprint density at radius 3 is 2.76 bits per heavy atom. The van der Waals surface area contributed by atoms with Gasteiger partial charge in [0.1, 0.15) is 0 Å². The third-order valence-electron chi connectivity index (χ3n) is 4.86. The largest absolute Gasteiger partial charge is 0.329 e. The van der Waals surface area contributed by atoms with Gasteiger partial charge in [-0.15, -0.1) is 0 Å². The number of benzene rings is 1. The lowest BCUT2D eigenvalue weighted by Gasteiger charge is -2.35. The summed E-state index contributed by atoms with van der Waals surface area (Å²) in [6, 6.07) is 7.03. The molecule has 1 aromatic carbocycles. The number of hydrogen-bond donors (Lipinski definition) is 2. The maximum absolute atomic E-state index is 13.2. The Hall–Kier alpha value is -2.96. The van der Waals surface area contributed by atoms with Gasteiger partial charge in [0.2, 0.25) is 0 Å². The van der Waals surface area contributed by atoms with E-state index in [4.69, 9.17) is 0 Å². The third-order valence-corrected chi connectivity index (χ3v) is 4.86. The van der Waals surface area contributed by atoms with Crippen LogP contribution in [0.15, 0.2) is 35.3 Å². The van der Waals surface area contributed by atoms with Crippen LogP contribution in [0.1, 0.15) is 47.1 Å². The maximum atomic E-state index is 13.2. The van der Waals surface area contributed by atoms with Crippen LogP contribution in [0.25, 0.3) is 10.8 Å². The molecule has 3 aromatic rings. The van der Waals surface area contributed by atoms with Gasteiger partial charge >= 0.3 is 0 Å². The van der Waals surface area contributed by atoms with Gasteiger partial charge in [-0.2, -0.15) is 10.2 Å². The molecule has 0 unspecified atom stereocenters. The Morgan fingerprint density at radius 1 is 1.20 bits per heavy atom. The molecule has 1 amide bonds. The molecule has 3 heterocycles. The molecule has 2 N–H and O–H groups in total. The number of fused-ring (bicyclic) bond motifs is 1. The summed E-state index contributed by atoms with van der Waals surface area (Å²) in [5.74, 6) is -0.161. The van der Waals surface area contributed by atoms with E-state index < -0.39 is 0 Å². The fraction of sp³-hybridized carbons (Fsp3) is 0.333. The minimum atomic E-state index is -0.285. The molecule has 0 aliphatic carbocycles. The zero-order chi connectivity index (χ0) is 17.4. The molecular formula is C18H19N5O2. The monoisotopic (exact) mass is 337 g/mol. The van der Waals surface area contributed by atoms with Crippen molar-refractivity contribution in [2.75, 3.05) is 6.54 Å². The first-order chi connectivity index (χ1) is 12.2. The third kappa shape index (κ3) is 2.61. The number of aryl methyl sites for hydroxylation is 1. The molecule has 4 rings (SSSR count). The molecule has 0 radical (unpaired) electrons. The standard InChI is InChI=1S/C18H19N5O2/c1-11-10-19-20-15(11)14-8-4-5-9-23(14)18(25)16-12-6-2-3-7-13(12)17(24)22-21-16/h2-3,6-7,10,14H,4-5,8-9H2,1H3,(H,19,20)(H,22,24)/t14-/m0/s1. The molecule has 1 aliphatic heterocycles. The van der Waals surface area contributed by atoms with Crippen molar-refractivity contribution >= 4 is 16.7 Å². The normalized spacial score (nSPS) is 17.8. The van der Waals surface area contributed by atoms with Gasteiger partial charge in [0.25, 0.3) is 11.5 Å². The number of amides is 1. The number of rotatable bonds is 2. The van der Waals surface area contributed by atoms with Gasteiger partial charge in [-0.25, -0.2) is 5.10 Å². The molecule has 1 atom stereocenters. The summed E-state index contributed by atoms with van der Waals surface area (Å²) < 4.78 is 0. The zero-order valence-electron chi connectivity index (χ0n) is 14.0. The van der Waals surface area contributed by atoms with Crippen molar-refractivity contribution in [2.45, 2.75) is 32.2 Å². The van der Waals surface area contributed by atoms with Crippen molar-refractivity contribution in [3.05, 3.63) is 57.8 Å². The Balaban J connectivity index is 1.78. The number of nitrogens with one attached hydrogen (secondary N) is 2. The molecule has 7 heteroatoms. The molecule has 25 heavy (non-hydrogen) atoms. The zero-order valence-corrected chi connectivity index (χ0v) is 14.0. The molecule has 0 bridgehead atoms. The second-order valence-electron chi connectivity index (χ2n) is 6.42. The fourth-order valence-corrected chi connectivity index (χ4v) is 3.58. The minimum Gasteiger partial charge on any atom is -0.329 e. The first-order valence-corrected chi connectivity index (χ1v) is 8.45. The van der Waals surface area contributed by atoms with E-state index in [-0.39, 0.29) is 17.5 Å². The number of nitrogens with zero attached hydrogens (tertiary/aromatic N) is 3. The molecule has 1 aliphatic rings. The number of carbonyl (C=O) groups excluding carboxylic acids is 1. The van der Waals surface area contributed by atoms with Crippen LogP contribution >= 0.6 is 0 Å². The average Bonchev–Trinajstić information content (AvgIpc) is 3.07. The number of H-pyrrole nitrogens is 2. The van der Waals surface area contributed by atoms with Crippen molar-refractivity contribution in [3.63, 3.8) is 0 Å². The van der Waals surface area contributed by atoms with Gasteiger partial charge in [-0.3, -0.25) is 14.7 Å². The quantitative estimate of drug-likeness (QED) is 0.750. The second kappa shape index (κ2) is 6.16. The van der Waals surface area contributed by atoms with Crippen LogP contribution in [0.3, 0.4) is 0 Å². The number of piperidine rings is 1. The van der Waals surface area contributed by atoms with Crippen LogP contribution in [0.4, 0.5) is 0 Å². The van der Waals surface area contributed by atoms with Gasteiger partial charge in [0.15, 0.2) is 5.69 Å². The van der Waals surface area contributed by atoms with Crippen LogP contribution < -0.4 is 5.56 Å². The van der Waals surface area contributed by atoms with Crippen molar-refractivity contribution in [1.29, 1.82) is 0 Å². The van der Waals surface area contributed by atoms with Crippen LogP contribution in [0.2, 0.25) is 0 Å². The van der Waals surface area contributed by atoms with E-state index in [2.05, 4.69) is 20.4 Å². The highest BCUT2D eigenvalue weighted by Crippen LogP contribution is 2.32. The molecule has 2 aromatic heterocycles. The van der Waals surface area contributed by atoms with E-state index in [0.29, 0.717) is 23.0 Å². The van der Waals surface area contributed by atoms with E-state index >= 15 is 0 Å². The smallest absolute Gasteiger partial charge is 0.275 e. The summed E-state index contributed by atoms with van der Waals surface area (Å²) in [6.07, 6.45) is 4.68. The summed E-state index contributed by atoms with van der Waals surface area (Å²) in [5.41, 5.74) is 2.02. The lowest BCUT2D eigenvalue weighted by atomic mass is 9.96. The lowest BCUT2D eigenvalue weighted by Crippen LogP contribution is -2.39. The Morgan fingerprint density at radius 2 is 2.00 bits per heavy atom. The highest BCUT2D eigenvalue weighted by molar-refractivity contribution is 6.04. The minimum absolute atomic E-state index is 0.0451. The number of aromatic nitrogens is 4. The van der Waals surface area contributed by atoms with Crippen molar-refractivity contribution in [3.8, 4) is 0 Å². The first-order valence-electron chi connectivity index (χ1n) is 8.45. The van der Waals surface area contributed by atoms with Gasteiger partial charge in [-0.1, -0.05) is 18.2 Å². The summed E-state index contributed by atoms with van der Waals surface area (Å²) in [5, 5.41) is 14.7. The Bertz CT molecular complexity index is 990. The maximum Gasteiger partial charge on any atom is 0.275 e. The number of likely N-dealkylation sites (tertiary alicyclic amines) is 1. The topological polar surface area (TPSA) is 94.7 Å². The summed E-state index contributed by atoms with van der Waals surface area (Å²) in [6.45, 7) is 2.65. The van der Waals surface area contributed by atoms with Crippen LogP contribution in [-0.2, 0) is 0 Å². The van der Waals surface area contributed by atoms with Gasteiger partial charge < -0.3 is 4.90 Å². The molecule has 0 saturated carbocycles. The average molecular weight is 337 g/mol. The van der Waals surface area contributed by atoms with E-state index in [0.717, 1.165) is 30.5 Å². The molecule has 7 nitrogen and oxygen atoms in total. The van der Waals surface area contributed by atoms with Gasteiger partial charge in [-0.05, 0) is 37.8 Å². The number of aromatic amines is 2. The lowest BCUT2D eigenvalue weighted by molar-refractivity contribution is 0.0600. The molecule has 1 saturated heterocycles. The summed E-state index contributed by atoms with van der Waals surface area (Å²) in [4.78, 5) is 27.1. The SMILES string of the molecule is Cc1cn[nH]c1[C@@H]1CCCCN1C(=O)c1n[nH]c(=O)c2ccccc12. The second-order valence-corrected chi connectivity index (χ2v) is 6.42. The molecule has 0 spiro atoms. The predicted molar refractivity (Wildman–Crippen MR) is 93.3 cm³/mol. The van der Waals surface area contributed by atoms with E-state index in [1.165, 1.54) is 0 Å². The Kier molecular flexibility index (Phi) is 3.83. The van der Waals surface area contributed by atoms with Crippen LogP contribution in [-0.4, -0.2) is 37.7 Å². The number of carbonyl (C=O) groups is 1. The first kappa shape index (κ1) is 15.6. The molecule has 128 valence electrons. The summed E-state index contributed by atoms with van der Waals surface area (Å²) >= 11 is 0. The van der Waals surface area contributed by atoms with Crippen molar-refractivity contribution < 1.29 is 4.79 Å². The highest BCUT2D eigenvalue weighted by Gasteiger charge is 2.32. The van der Waals surface area contributed by atoms with Crippen LogP contribution in [0, 0.1) is 6.92 Å². The van der Waals surface area contributed by atoms with Gasteiger partial charge in [0.05, 0.1) is 23.3 Å². The Labute approximate surface area is 144 Å². The van der Waals surface area contributed by atoms with Crippen molar-refractivity contribution in [1.82, 2.24) is 25.3 Å². The molecule has 1 fully saturated rings. The predicted octanol–water partition coefficient (Wildman–Crippen LogP) is 2.32. The summed E-state index contributed by atoms with van der Waals surface area (Å²) in [7, 11) is 0. The van der Waals surface area contributed by atoms with Gasteiger partial charge in [0, 0.05) is 11.9 Å². The van der Waals surface area contributed by atoms with Crippen LogP contribution in [0.5, 0.6) is 0 Å². The van der Waals surface area contributed by atoms with E-state index in [1.54, 1.807) is 24.4 Å².